The molecule has 0 aromatic rings. The number of nitrogens with zero attached hydrogens (tertiary/aromatic N) is 1. The van der Waals surface area contributed by atoms with Crippen LogP contribution in [0.1, 0.15) is 40.5 Å². The molecule has 1 saturated heterocycles. The third-order valence-corrected chi connectivity index (χ3v) is 3.86. The van der Waals surface area contributed by atoms with Crippen molar-refractivity contribution in [3.8, 4) is 0 Å². The maximum atomic E-state index is 3.49. The molecule has 0 spiro atoms. The molecule has 0 aliphatic carbocycles. The Morgan fingerprint density at radius 1 is 1.40 bits per heavy atom. The van der Waals surface area contributed by atoms with Crippen LogP contribution in [0.4, 0.5) is 0 Å². The first-order valence-corrected chi connectivity index (χ1v) is 6.32. The number of piperidine rings is 1. The highest BCUT2D eigenvalue weighted by molar-refractivity contribution is 4.80. The lowest BCUT2D eigenvalue weighted by molar-refractivity contribution is 0.116. The van der Waals surface area contributed by atoms with Crippen LogP contribution in [0.15, 0.2) is 0 Å². The Morgan fingerprint density at radius 3 is 2.53 bits per heavy atom. The normalized spacial score (nSPS) is 25.6. The van der Waals surface area contributed by atoms with Gasteiger partial charge in [-0.2, -0.15) is 0 Å². The van der Waals surface area contributed by atoms with Crippen molar-refractivity contribution in [3.63, 3.8) is 0 Å². The predicted molar refractivity (Wildman–Crippen MR) is 67.1 cm³/mol. The molecule has 1 heterocycles. The zero-order valence-corrected chi connectivity index (χ0v) is 11.1. The lowest BCUT2D eigenvalue weighted by Crippen LogP contribution is -2.44. The molecule has 1 aliphatic heterocycles. The molecular formula is C13H28N2. The average Bonchev–Trinajstić information content (AvgIpc) is 2.16. The molecule has 2 nitrogen and oxygen atoms in total. The van der Waals surface area contributed by atoms with E-state index in [0.29, 0.717) is 11.5 Å². The van der Waals surface area contributed by atoms with Crippen LogP contribution in [-0.2, 0) is 0 Å². The maximum absolute atomic E-state index is 3.49. The molecule has 0 radical (unpaired) electrons. The number of hydrogen-bond acceptors (Lipinski definition) is 2. The van der Waals surface area contributed by atoms with Gasteiger partial charge in [0.2, 0.25) is 0 Å². The Kier molecular flexibility index (Phi) is 4.60. The molecule has 0 amide bonds. The molecule has 1 fully saturated rings. The fourth-order valence-electron chi connectivity index (χ4n) is 2.31. The SMILES string of the molecule is CC(N(C)CC1CCCNC1)C(C)(C)C. The van der Waals surface area contributed by atoms with Gasteiger partial charge in [-0.05, 0) is 51.2 Å². The molecule has 1 aliphatic rings. The van der Waals surface area contributed by atoms with Crippen molar-refractivity contribution in [2.45, 2.75) is 46.6 Å². The minimum Gasteiger partial charge on any atom is -0.316 e. The lowest BCUT2D eigenvalue weighted by Gasteiger charge is -2.38. The third kappa shape index (κ3) is 4.12. The summed E-state index contributed by atoms with van der Waals surface area (Å²) in [5.41, 5.74) is 0.386. The molecule has 1 rings (SSSR count). The standard InChI is InChI=1S/C13H28N2/c1-11(13(2,3)4)15(5)10-12-7-6-8-14-9-12/h11-12,14H,6-10H2,1-5H3. The first-order valence-electron chi connectivity index (χ1n) is 6.32. The second-order valence-corrected chi connectivity index (χ2v) is 6.19. The quantitative estimate of drug-likeness (QED) is 0.772. The van der Waals surface area contributed by atoms with Gasteiger partial charge in [-0.3, -0.25) is 0 Å². The molecule has 15 heavy (non-hydrogen) atoms. The van der Waals surface area contributed by atoms with E-state index in [4.69, 9.17) is 0 Å². The van der Waals surface area contributed by atoms with Gasteiger partial charge in [0.15, 0.2) is 0 Å². The highest BCUT2D eigenvalue weighted by atomic mass is 15.1. The van der Waals surface area contributed by atoms with Crippen molar-refractivity contribution in [1.82, 2.24) is 10.2 Å². The summed E-state index contributed by atoms with van der Waals surface area (Å²) in [5, 5.41) is 3.49. The summed E-state index contributed by atoms with van der Waals surface area (Å²) in [4.78, 5) is 2.53. The van der Waals surface area contributed by atoms with E-state index in [9.17, 15) is 0 Å². The highest BCUT2D eigenvalue weighted by Gasteiger charge is 2.25. The van der Waals surface area contributed by atoms with Crippen LogP contribution in [0.25, 0.3) is 0 Å². The molecule has 0 aromatic heterocycles. The molecule has 90 valence electrons. The number of hydrogen-bond donors (Lipinski definition) is 1. The van der Waals surface area contributed by atoms with Gasteiger partial charge in [0.1, 0.15) is 0 Å². The summed E-state index contributed by atoms with van der Waals surface area (Å²) >= 11 is 0. The molecular weight excluding hydrogens is 184 g/mol. The van der Waals surface area contributed by atoms with Gasteiger partial charge in [0.25, 0.3) is 0 Å². The van der Waals surface area contributed by atoms with E-state index in [1.807, 2.05) is 0 Å². The molecule has 0 aromatic carbocycles. The van der Waals surface area contributed by atoms with Crippen LogP contribution in [0.5, 0.6) is 0 Å². The summed E-state index contributed by atoms with van der Waals surface area (Å²) in [6.07, 6.45) is 2.75. The number of rotatable bonds is 3. The fraction of sp³-hybridized carbons (Fsp3) is 1.00. The second kappa shape index (κ2) is 5.31. The Morgan fingerprint density at radius 2 is 2.07 bits per heavy atom. The van der Waals surface area contributed by atoms with Crippen molar-refractivity contribution >= 4 is 0 Å². The van der Waals surface area contributed by atoms with Crippen LogP contribution in [0.2, 0.25) is 0 Å². The van der Waals surface area contributed by atoms with Crippen molar-refractivity contribution in [2.75, 3.05) is 26.7 Å². The van der Waals surface area contributed by atoms with E-state index in [1.165, 1.54) is 32.5 Å². The molecule has 0 bridgehead atoms. The van der Waals surface area contributed by atoms with E-state index >= 15 is 0 Å². The van der Waals surface area contributed by atoms with Gasteiger partial charge in [-0.25, -0.2) is 0 Å². The van der Waals surface area contributed by atoms with Crippen molar-refractivity contribution in [1.29, 1.82) is 0 Å². The molecule has 2 heteroatoms. The van der Waals surface area contributed by atoms with Crippen LogP contribution in [0.3, 0.4) is 0 Å². The van der Waals surface area contributed by atoms with Gasteiger partial charge in [-0.15, -0.1) is 0 Å². The van der Waals surface area contributed by atoms with Crippen LogP contribution in [-0.4, -0.2) is 37.6 Å². The van der Waals surface area contributed by atoms with E-state index in [2.05, 4.69) is 45.0 Å². The smallest absolute Gasteiger partial charge is 0.0112 e. The first kappa shape index (κ1) is 13.0. The van der Waals surface area contributed by atoms with E-state index < -0.39 is 0 Å². The monoisotopic (exact) mass is 212 g/mol. The first-order chi connectivity index (χ1) is 6.91. The Bertz CT molecular complexity index is 177. The minimum absolute atomic E-state index is 0.386. The minimum atomic E-state index is 0.386. The number of nitrogens with one attached hydrogen (secondary N) is 1. The zero-order chi connectivity index (χ0) is 11.5. The van der Waals surface area contributed by atoms with Gasteiger partial charge in [0, 0.05) is 12.6 Å². The summed E-state index contributed by atoms with van der Waals surface area (Å²) in [6.45, 7) is 13.0. The fourth-order valence-corrected chi connectivity index (χ4v) is 2.31. The van der Waals surface area contributed by atoms with Crippen LogP contribution in [0, 0.1) is 11.3 Å². The Labute approximate surface area is 95.4 Å². The largest absolute Gasteiger partial charge is 0.316 e. The molecule has 2 atom stereocenters. The Balaban J connectivity index is 2.36. The highest BCUT2D eigenvalue weighted by Crippen LogP contribution is 2.24. The summed E-state index contributed by atoms with van der Waals surface area (Å²) in [5.74, 6) is 0.855. The van der Waals surface area contributed by atoms with E-state index in [-0.39, 0.29) is 0 Å². The van der Waals surface area contributed by atoms with E-state index in [1.54, 1.807) is 0 Å². The summed E-state index contributed by atoms with van der Waals surface area (Å²) in [6, 6.07) is 0.652. The summed E-state index contributed by atoms with van der Waals surface area (Å²) in [7, 11) is 2.27. The van der Waals surface area contributed by atoms with Gasteiger partial charge >= 0.3 is 0 Å². The Hall–Kier alpha value is -0.0800. The van der Waals surface area contributed by atoms with Crippen molar-refractivity contribution in [3.05, 3.63) is 0 Å². The van der Waals surface area contributed by atoms with Crippen molar-refractivity contribution < 1.29 is 0 Å². The van der Waals surface area contributed by atoms with Crippen molar-refractivity contribution in [2.24, 2.45) is 11.3 Å². The predicted octanol–water partition coefficient (Wildman–Crippen LogP) is 2.35. The molecule has 2 unspecified atom stereocenters. The van der Waals surface area contributed by atoms with Gasteiger partial charge in [-0.1, -0.05) is 20.8 Å². The lowest BCUT2D eigenvalue weighted by atomic mass is 9.86. The topological polar surface area (TPSA) is 15.3 Å². The zero-order valence-electron chi connectivity index (χ0n) is 11.1. The average molecular weight is 212 g/mol. The molecule has 0 saturated carbocycles. The summed E-state index contributed by atoms with van der Waals surface area (Å²) < 4.78 is 0. The second-order valence-electron chi connectivity index (χ2n) is 6.19. The van der Waals surface area contributed by atoms with Gasteiger partial charge < -0.3 is 10.2 Å². The molecule has 1 N–H and O–H groups in total. The van der Waals surface area contributed by atoms with Crippen LogP contribution < -0.4 is 5.32 Å². The third-order valence-electron chi connectivity index (χ3n) is 3.86. The van der Waals surface area contributed by atoms with E-state index in [0.717, 1.165) is 5.92 Å². The maximum Gasteiger partial charge on any atom is 0.0112 e. The van der Waals surface area contributed by atoms with Crippen LogP contribution >= 0.6 is 0 Å². The van der Waals surface area contributed by atoms with Gasteiger partial charge in [0.05, 0.1) is 0 Å².